The number of thiophene rings is 1. The second-order valence-corrected chi connectivity index (χ2v) is 13.7. The molecule has 0 bridgehead atoms. The number of carbonyl (C=O) groups is 1. The van der Waals surface area contributed by atoms with E-state index in [4.69, 9.17) is 14.8 Å². The highest BCUT2D eigenvalue weighted by molar-refractivity contribution is 7.91. The monoisotopic (exact) mass is 595 g/mol. The molecular weight excluding hydrogens is 565 g/mol. The molecule has 12 heteroatoms. The number of fused-ring (bicyclic) bond motifs is 2. The van der Waals surface area contributed by atoms with Gasteiger partial charge >= 0.3 is 0 Å². The molecule has 9 nitrogen and oxygen atoms in total. The number of amides is 1. The van der Waals surface area contributed by atoms with E-state index in [1.54, 1.807) is 11.0 Å². The summed E-state index contributed by atoms with van der Waals surface area (Å²) in [6.45, 7) is 9.51. The molecule has 2 aliphatic rings. The minimum atomic E-state index is -3.09. The summed E-state index contributed by atoms with van der Waals surface area (Å²) in [7, 11) is -3.09. The molecule has 214 valence electrons. The van der Waals surface area contributed by atoms with Crippen molar-refractivity contribution in [1.82, 2.24) is 19.7 Å². The van der Waals surface area contributed by atoms with Gasteiger partial charge < -0.3 is 14.5 Å². The molecule has 4 aromatic rings. The van der Waals surface area contributed by atoms with Crippen LogP contribution in [0.4, 0.5) is 10.2 Å². The van der Waals surface area contributed by atoms with Crippen LogP contribution in [0.2, 0.25) is 0 Å². The van der Waals surface area contributed by atoms with Crippen molar-refractivity contribution in [2.24, 2.45) is 0 Å². The van der Waals surface area contributed by atoms with Gasteiger partial charge in [-0.25, -0.2) is 17.8 Å². The first-order chi connectivity index (χ1) is 19.6. The van der Waals surface area contributed by atoms with Gasteiger partial charge in [0.05, 0.1) is 36.4 Å². The van der Waals surface area contributed by atoms with Gasteiger partial charge in [-0.15, -0.1) is 11.3 Å². The van der Waals surface area contributed by atoms with Crippen LogP contribution in [0.15, 0.2) is 48.4 Å². The third kappa shape index (κ3) is 5.21. The van der Waals surface area contributed by atoms with Crippen LogP contribution in [0, 0.1) is 5.82 Å². The molecule has 1 fully saturated rings. The minimum Gasteiger partial charge on any atom is -0.490 e. The molecule has 1 aromatic carbocycles. The first kappa shape index (κ1) is 27.4. The van der Waals surface area contributed by atoms with Crippen molar-refractivity contribution in [3.8, 4) is 28.3 Å². The van der Waals surface area contributed by atoms with Crippen molar-refractivity contribution >= 4 is 43.0 Å². The van der Waals surface area contributed by atoms with Crippen LogP contribution in [0.1, 0.15) is 19.5 Å². The zero-order chi connectivity index (χ0) is 28.9. The van der Waals surface area contributed by atoms with Gasteiger partial charge in [0.2, 0.25) is 5.91 Å². The standard InChI is InChI=1S/C29H30FN5O4S2/c1-4-25(36)34-8-9-35-20(17-34)16-23(32-35)27-26(21-6-5-19(30)15-24(21)39-18(2)3)28-22(7-12-40-28)29(31-27)33-10-13-41(37,38)14-11-33/h4-7,12,15-16,18H,1,8-11,13-14,17H2,2-3H3. The van der Waals surface area contributed by atoms with Gasteiger partial charge in [0, 0.05) is 46.9 Å². The van der Waals surface area contributed by atoms with Gasteiger partial charge in [-0.05, 0) is 49.6 Å². The summed E-state index contributed by atoms with van der Waals surface area (Å²) < 4.78 is 47.7. The highest BCUT2D eigenvalue weighted by atomic mass is 32.2. The number of halogens is 1. The van der Waals surface area contributed by atoms with Crippen molar-refractivity contribution in [3.05, 3.63) is 59.9 Å². The third-order valence-electron chi connectivity index (χ3n) is 7.33. The average molecular weight is 596 g/mol. The first-order valence-corrected chi connectivity index (χ1v) is 16.1. The minimum absolute atomic E-state index is 0.0632. The molecule has 1 saturated heterocycles. The van der Waals surface area contributed by atoms with E-state index in [-0.39, 0.29) is 23.5 Å². The van der Waals surface area contributed by atoms with E-state index in [0.29, 0.717) is 61.2 Å². The van der Waals surface area contributed by atoms with E-state index in [9.17, 15) is 17.6 Å². The summed E-state index contributed by atoms with van der Waals surface area (Å²) in [4.78, 5) is 21.2. The molecule has 0 N–H and O–H groups in total. The molecule has 6 rings (SSSR count). The van der Waals surface area contributed by atoms with Crippen LogP contribution >= 0.6 is 11.3 Å². The number of ether oxygens (including phenoxy) is 1. The van der Waals surface area contributed by atoms with Gasteiger partial charge in [0.15, 0.2) is 9.84 Å². The fraction of sp³-hybridized carbons (Fsp3) is 0.345. The van der Waals surface area contributed by atoms with Gasteiger partial charge in [0.25, 0.3) is 0 Å². The van der Waals surface area contributed by atoms with Gasteiger partial charge in [-0.3, -0.25) is 9.48 Å². The number of hydrogen-bond donors (Lipinski definition) is 0. The van der Waals surface area contributed by atoms with Crippen LogP contribution in [0.25, 0.3) is 32.6 Å². The summed E-state index contributed by atoms with van der Waals surface area (Å²) in [5, 5.41) is 7.77. The summed E-state index contributed by atoms with van der Waals surface area (Å²) in [6.07, 6.45) is 1.13. The van der Waals surface area contributed by atoms with Crippen molar-refractivity contribution in [2.45, 2.75) is 33.0 Å². The zero-order valence-corrected chi connectivity index (χ0v) is 24.5. The van der Waals surface area contributed by atoms with Crippen molar-refractivity contribution in [3.63, 3.8) is 0 Å². The highest BCUT2D eigenvalue weighted by Gasteiger charge is 2.29. The van der Waals surface area contributed by atoms with Gasteiger partial charge in [-0.2, -0.15) is 5.10 Å². The Hall–Kier alpha value is -3.77. The Morgan fingerprint density at radius 3 is 2.66 bits per heavy atom. The van der Waals surface area contributed by atoms with Crippen LogP contribution in [0.5, 0.6) is 5.75 Å². The molecule has 0 aliphatic carbocycles. The number of pyridine rings is 1. The lowest BCUT2D eigenvalue weighted by atomic mass is 9.99. The maximum absolute atomic E-state index is 14.4. The number of benzene rings is 1. The Morgan fingerprint density at radius 2 is 1.93 bits per heavy atom. The Kier molecular flexibility index (Phi) is 7.06. The number of anilines is 1. The topological polar surface area (TPSA) is 97.6 Å². The predicted molar refractivity (Wildman–Crippen MR) is 158 cm³/mol. The second-order valence-electron chi connectivity index (χ2n) is 10.5. The SMILES string of the molecule is C=CC(=O)N1CCn2nc(-c3nc(N4CCS(=O)(=O)CC4)c4ccsc4c3-c3ccc(F)cc3OC(C)C)cc2C1. The zero-order valence-electron chi connectivity index (χ0n) is 22.8. The summed E-state index contributed by atoms with van der Waals surface area (Å²) in [5.74, 6) is 0.680. The van der Waals surface area contributed by atoms with Crippen molar-refractivity contribution < 1.29 is 22.3 Å². The number of rotatable bonds is 6. The number of hydrogen-bond acceptors (Lipinski definition) is 8. The maximum Gasteiger partial charge on any atom is 0.246 e. The Balaban J connectivity index is 1.57. The van der Waals surface area contributed by atoms with Crippen molar-refractivity contribution in [2.75, 3.05) is 36.0 Å². The molecule has 0 radical (unpaired) electrons. The third-order valence-corrected chi connectivity index (χ3v) is 9.88. The molecule has 0 spiro atoms. The maximum atomic E-state index is 14.4. The Labute approximate surface area is 241 Å². The molecule has 0 saturated carbocycles. The number of aromatic nitrogens is 3. The van der Waals surface area contributed by atoms with E-state index >= 15 is 0 Å². The smallest absolute Gasteiger partial charge is 0.246 e. The quantitative estimate of drug-likeness (QED) is 0.303. The van der Waals surface area contributed by atoms with E-state index in [2.05, 4.69) is 6.58 Å². The average Bonchev–Trinajstić information content (AvgIpc) is 3.59. The second kappa shape index (κ2) is 10.6. The predicted octanol–water partition coefficient (Wildman–Crippen LogP) is 4.52. The fourth-order valence-electron chi connectivity index (χ4n) is 5.36. The normalized spacial score (nSPS) is 16.7. The summed E-state index contributed by atoms with van der Waals surface area (Å²) in [5.41, 5.74) is 3.53. The molecule has 0 atom stereocenters. The van der Waals surface area contributed by atoms with Crippen molar-refractivity contribution in [1.29, 1.82) is 0 Å². The fourth-order valence-corrected chi connectivity index (χ4v) is 7.51. The van der Waals surface area contributed by atoms with Gasteiger partial charge in [0.1, 0.15) is 28.8 Å². The molecule has 5 heterocycles. The van der Waals surface area contributed by atoms with Crippen LogP contribution in [-0.4, -0.2) is 71.2 Å². The molecular formula is C29H30FN5O4S2. The molecule has 0 unspecified atom stereocenters. The van der Waals surface area contributed by atoms with Gasteiger partial charge in [-0.1, -0.05) is 6.58 Å². The Bertz CT molecular complexity index is 1770. The lowest BCUT2D eigenvalue weighted by molar-refractivity contribution is -0.127. The van der Waals surface area contributed by atoms with E-state index < -0.39 is 15.7 Å². The number of carbonyl (C=O) groups excluding carboxylic acids is 1. The van der Waals surface area contributed by atoms with Crippen LogP contribution < -0.4 is 9.64 Å². The lowest BCUT2D eigenvalue weighted by Gasteiger charge is -2.29. The Morgan fingerprint density at radius 1 is 1.15 bits per heavy atom. The largest absolute Gasteiger partial charge is 0.490 e. The molecule has 1 amide bonds. The molecule has 41 heavy (non-hydrogen) atoms. The van der Waals surface area contributed by atoms with E-state index in [1.807, 2.05) is 40.9 Å². The van der Waals surface area contributed by atoms with E-state index in [1.165, 1.54) is 29.5 Å². The molecule has 3 aromatic heterocycles. The lowest BCUT2D eigenvalue weighted by Crippen LogP contribution is -2.40. The first-order valence-electron chi connectivity index (χ1n) is 13.4. The van der Waals surface area contributed by atoms with Crippen LogP contribution in [-0.2, 0) is 27.7 Å². The highest BCUT2D eigenvalue weighted by Crippen LogP contribution is 2.46. The number of nitrogens with zero attached hydrogens (tertiary/aromatic N) is 5. The summed E-state index contributed by atoms with van der Waals surface area (Å²) in [6, 6.07) is 8.43. The molecule has 2 aliphatic heterocycles. The van der Waals surface area contributed by atoms with E-state index in [0.717, 1.165) is 21.3 Å². The number of sulfone groups is 1. The van der Waals surface area contributed by atoms with Crippen LogP contribution in [0.3, 0.4) is 0 Å². The summed E-state index contributed by atoms with van der Waals surface area (Å²) >= 11 is 1.54.